The van der Waals surface area contributed by atoms with Gasteiger partial charge in [-0.15, -0.1) is 0 Å². The molecule has 1 aliphatic carbocycles. The first kappa shape index (κ1) is 33.2. The smallest absolute Gasteiger partial charge is 0.143 e. The highest BCUT2D eigenvalue weighted by Gasteiger charge is 2.35. The summed E-state index contributed by atoms with van der Waals surface area (Å²) >= 11 is 0. The number of nitrogens with zero attached hydrogens (tertiary/aromatic N) is 1. The molecule has 0 aliphatic heterocycles. The van der Waals surface area contributed by atoms with Gasteiger partial charge in [0.05, 0.1) is 5.69 Å². The molecule has 266 valence electrons. The molecule has 0 saturated carbocycles. The second kappa shape index (κ2) is 12.3. The van der Waals surface area contributed by atoms with Gasteiger partial charge in [0.1, 0.15) is 11.2 Å². The molecule has 0 spiro atoms. The van der Waals surface area contributed by atoms with Gasteiger partial charge in [0.2, 0.25) is 0 Å². The van der Waals surface area contributed by atoms with Gasteiger partial charge in [-0.05, 0) is 91.5 Å². The van der Waals surface area contributed by atoms with E-state index in [1.807, 2.05) is 12.1 Å². The van der Waals surface area contributed by atoms with Crippen LogP contribution in [0, 0.1) is 0 Å². The minimum absolute atomic E-state index is 0.0504. The largest absolute Gasteiger partial charge is 0.455 e. The van der Waals surface area contributed by atoms with Crippen LogP contribution in [0.2, 0.25) is 0 Å². The lowest BCUT2D eigenvalue weighted by molar-refractivity contribution is 0.590. The van der Waals surface area contributed by atoms with Gasteiger partial charge in [0.25, 0.3) is 0 Å². The molecule has 8 aromatic carbocycles. The van der Waals surface area contributed by atoms with E-state index in [-0.39, 0.29) is 10.8 Å². The molecular formula is C53H43NO. The summed E-state index contributed by atoms with van der Waals surface area (Å²) in [5.41, 5.74) is 16.5. The van der Waals surface area contributed by atoms with Crippen LogP contribution in [0.25, 0.3) is 66.1 Å². The molecule has 0 bridgehead atoms. The van der Waals surface area contributed by atoms with E-state index in [4.69, 9.17) is 4.42 Å². The van der Waals surface area contributed by atoms with Crippen molar-refractivity contribution in [3.63, 3.8) is 0 Å². The monoisotopic (exact) mass is 709 g/mol. The van der Waals surface area contributed by atoms with Gasteiger partial charge in [-0.1, -0.05) is 168 Å². The maximum Gasteiger partial charge on any atom is 0.143 e. The molecular weight excluding hydrogens is 667 g/mol. The highest BCUT2D eigenvalue weighted by Crippen LogP contribution is 2.52. The number of hydrogen-bond donors (Lipinski definition) is 0. The van der Waals surface area contributed by atoms with Crippen molar-refractivity contribution in [3.8, 4) is 33.4 Å². The Bertz CT molecular complexity index is 2920. The van der Waals surface area contributed by atoms with Crippen molar-refractivity contribution in [1.29, 1.82) is 0 Å². The van der Waals surface area contributed by atoms with Crippen LogP contribution in [0.4, 0.5) is 17.1 Å². The third kappa shape index (κ3) is 5.31. The number of hydrogen-bond acceptors (Lipinski definition) is 2. The third-order valence-electron chi connectivity index (χ3n) is 11.9. The maximum atomic E-state index is 6.45. The molecule has 0 radical (unpaired) electrons. The molecule has 9 aromatic rings. The minimum atomic E-state index is -0.0633. The Hall–Kier alpha value is -6.38. The molecule has 0 unspecified atom stereocenters. The average Bonchev–Trinajstić information content (AvgIpc) is 3.70. The predicted molar refractivity (Wildman–Crippen MR) is 233 cm³/mol. The molecule has 1 aromatic heterocycles. The first-order valence-corrected chi connectivity index (χ1v) is 19.3. The zero-order valence-electron chi connectivity index (χ0n) is 32.0. The zero-order chi connectivity index (χ0) is 37.5. The van der Waals surface area contributed by atoms with Gasteiger partial charge in [0, 0.05) is 38.7 Å². The Morgan fingerprint density at radius 1 is 0.491 bits per heavy atom. The molecule has 0 saturated heterocycles. The van der Waals surface area contributed by atoms with Crippen molar-refractivity contribution in [2.75, 3.05) is 4.90 Å². The summed E-state index contributed by atoms with van der Waals surface area (Å²) in [6.45, 7) is 11.5. The lowest BCUT2D eigenvalue weighted by atomic mass is 9.82. The summed E-state index contributed by atoms with van der Waals surface area (Å²) in [6.07, 6.45) is 0. The van der Waals surface area contributed by atoms with E-state index in [0.717, 1.165) is 55.7 Å². The fourth-order valence-corrected chi connectivity index (χ4v) is 8.93. The number of fused-ring (bicyclic) bond motifs is 7. The van der Waals surface area contributed by atoms with Crippen molar-refractivity contribution in [2.24, 2.45) is 0 Å². The van der Waals surface area contributed by atoms with Gasteiger partial charge in [-0.2, -0.15) is 0 Å². The van der Waals surface area contributed by atoms with E-state index in [2.05, 4.69) is 197 Å². The Balaban J connectivity index is 1.17. The van der Waals surface area contributed by atoms with Gasteiger partial charge >= 0.3 is 0 Å². The molecule has 2 heteroatoms. The quantitative estimate of drug-likeness (QED) is 0.177. The van der Waals surface area contributed by atoms with Crippen LogP contribution >= 0.6 is 0 Å². The first-order chi connectivity index (χ1) is 26.7. The summed E-state index contributed by atoms with van der Waals surface area (Å²) in [7, 11) is 0. The number of benzene rings is 8. The van der Waals surface area contributed by atoms with Crippen molar-refractivity contribution in [1.82, 2.24) is 0 Å². The SMILES string of the molecule is CC(C)(C)c1ccc(N(c2ccc3c(c2)-c2ccccc2C3(C)C)c2ccc3ccccc3c2-c2ccc(-c3cccc4c3oc3ccccc34)cc2)cc1. The van der Waals surface area contributed by atoms with Crippen LogP contribution < -0.4 is 4.90 Å². The molecule has 0 N–H and O–H groups in total. The topological polar surface area (TPSA) is 16.4 Å². The summed E-state index contributed by atoms with van der Waals surface area (Å²) in [4.78, 5) is 2.46. The van der Waals surface area contributed by atoms with E-state index >= 15 is 0 Å². The lowest BCUT2D eigenvalue weighted by Gasteiger charge is -2.30. The van der Waals surface area contributed by atoms with Gasteiger partial charge in [0.15, 0.2) is 0 Å². The van der Waals surface area contributed by atoms with Crippen LogP contribution in [-0.4, -0.2) is 0 Å². The molecule has 1 aliphatic rings. The van der Waals surface area contributed by atoms with E-state index in [9.17, 15) is 0 Å². The fourth-order valence-electron chi connectivity index (χ4n) is 8.93. The van der Waals surface area contributed by atoms with Crippen molar-refractivity contribution in [3.05, 3.63) is 187 Å². The summed E-state index contributed by atoms with van der Waals surface area (Å²) in [5.74, 6) is 0. The number of anilines is 3. The Morgan fingerprint density at radius 2 is 1.13 bits per heavy atom. The summed E-state index contributed by atoms with van der Waals surface area (Å²) in [5, 5.41) is 4.72. The van der Waals surface area contributed by atoms with Crippen LogP contribution in [0.1, 0.15) is 51.3 Å². The normalized spacial score (nSPS) is 13.3. The van der Waals surface area contributed by atoms with E-state index in [0.29, 0.717) is 0 Å². The van der Waals surface area contributed by atoms with Gasteiger partial charge in [-0.25, -0.2) is 0 Å². The second-order valence-electron chi connectivity index (χ2n) is 16.6. The first-order valence-electron chi connectivity index (χ1n) is 19.3. The molecule has 0 fully saturated rings. The van der Waals surface area contributed by atoms with Crippen LogP contribution in [0.15, 0.2) is 174 Å². The van der Waals surface area contributed by atoms with Gasteiger partial charge < -0.3 is 9.32 Å². The van der Waals surface area contributed by atoms with Gasteiger partial charge in [-0.3, -0.25) is 0 Å². The van der Waals surface area contributed by atoms with Crippen molar-refractivity contribution in [2.45, 2.75) is 45.4 Å². The minimum Gasteiger partial charge on any atom is -0.455 e. The highest BCUT2D eigenvalue weighted by molar-refractivity contribution is 6.10. The Kier molecular flexibility index (Phi) is 7.44. The standard InChI is InChI=1S/C53H43NO/c1-52(2,3)37-26-28-38(29-27-37)54(39-30-31-47-45(33-39)42-15-8-10-19-46(42)53(47,4)5)48-32-25-34-13-6-7-14-40(34)50(48)36-23-21-35(22-24-36)41-17-12-18-44-43-16-9-11-20-49(43)55-51(41)44/h6-33H,1-5H3. The number of para-hydroxylation sites is 2. The van der Waals surface area contributed by atoms with Crippen LogP contribution in [0.5, 0.6) is 0 Å². The molecule has 0 atom stereocenters. The summed E-state index contributed by atoms with van der Waals surface area (Å²) in [6, 6.07) is 62.3. The Labute approximate surface area is 323 Å². The van der Waals surface area contributed by atoms with Crippen LogP contribution in [0.3, 0.4) is 0 Å². The lowest BCUT2D eigenvalue weighted by Crippen LogP contribution is -2.16. The fraction of sp³-hybridized carbons (Fsp3) is 0.132. The van der Waals surface area contributed by atoms with E-state index in [1.165, 1.54) is 44.2 Å². The second-order valence-corrected chi connectivity index (χ2v) is 16.6. The summed E-state index contributed by atoms with van der Waals surface area (Å²) < 4.78 is 6.45. The van der Waals surface area contributed by atoms with E-state index in [1.54, 1.807) is 0 Å². The number of furan rings is 1. The van der Waals surface area contributed by atoms with Crippen LogP contribution in [-0.2, 0) is 10.8 Å². The van der Waals surface area contributed by atoms with E-state index < -0.39 is 0 Å². The maximum absolute atomic E-state index is 6.45. The molecule has 10 rings (SSSR count). The zero-order valence-corrected chi connectivity index (χ0v) is 32.0. The molecule has 1 heterocycles. The Morgan fingerprint density at radius 3 is 1.93 bits per heavy atom. The number of rotatable bonds is 5. The predicted octanol–water partition coefficient (Wildman–Crippen LogP) is 15.1. The molecule has 0 amide bonds. The third-order valence-corrected chi connectivity index (χ3v) is 11.9. The average molecular weight is 710 g/mol. The van der Waals surface area contributed by atoms with Crippen molar-refractivity contribution < 1.29 is 4.42 Å². The highest BCUT2D eigenvalue weighted by atomic mass is 16.3. The van der Waals surface area contributed by atoms with Crippen molar-refractivity contribution >= 4 is 49.8 Å². The molecule has 55 heavy (non-hydrogen) atoms. The molecule has 2 nitrogen and oxygen atoms in total.